The molecule has 1 aromatic carbocycles. The Morgan fingerprint density at radius 1 is 1.42 bits per heavy atom. The quantitative estimate of drug-likeness (QED) is 0.853. The molecule has 0 radical (unpaired) electrons. The van der Waals surface area contributed by atoms with Crippen molar-refractivity contribution in [1.82, 2.24) is 4.90 Å². The molecule has 3 rings (SSSR count). The van der Waals surface area contributed by atoms with Gasteiger partial charge in [-0.05, 0) is 49.3 Å². The number of carbonyl (C=O) groups excluding carboxylic acids is 1. The molecule has 24 heavy (non-hydrogen) atoms. The first-order valence-electron chi connectivity index (χ1n) is 8.28. The van der Waals surface area contributed by atoms with Crippen molar-refractivity contribution in [2.24, 2.45) is 0 Å². The van der Waals surface area contributed by atoms with Crippen molar-refractivity contribution in [3.05, 3.63) is 45.5 Å². The highest BCUT2D eigenvalue weighted by atomic mass is 79.9. The van der Waals surface area contributed by atoms with E-state index < -0.39 is 0 Å². The second kappa shape index (κ2) is 7.11. The minimum atomic E-state index is -0.0199. The van der Waals surface area contributed by atoms with Crippen LogP contribution in [0.5, 0.6) is 5.75 Å². The van der Waals surface area contributed by atoms with E-state index in [1.165, 1.54) is 11.1 Å². The first-order chi connectivity index (χ1) is 11.5. The van der Waals surface area contributed by atoms with Gasteiger partial charge in [-0.1, -0.05) is 15.9 Å². The van der Waals surface area contributed by atoms with Gasteiger partial charge in [0.15, 0.2) is 0 Å². The Labute approximate surface area is 150 Å². The SMILES string of the molecule is CC(C)N(CCO)C(=O)C1=CC2=C(C1)c1cc(Br)ccc1OCC2. The summed E-state index contributed by atoms with van der Waals surface area (Å²) in [5.74, 6) is 0.894. The van der Waals surface area contributed by atoms with Crippen LogP contribution >= 0.6 is 15.9 Å². The van der Waals surface area contributed by atoms with Crippen LogP contribution in [0.1, 0.15) is 32.3 Å². The van der Waals surface area contributed by atoms with Gasteiger partial charge < -0.3 is 14.7 Å². The van der Waals surface area contributed by atoms with Crippen LogP contribution in [0.4, 0.5) is 0 Å². The van der Waals surface area contributed by atoms with Crippen LogP contribution in [0.3, 0.4) is 0 Å². The highest BCUT2D eigenvalue weighted by molar-refractivity contribution is 9.10. The van der Waals surface area contributed by atoms with Crippen molar-refractivity contribution in [3.63, 3.8) is 0 Å². The molecule has 0 saturated heterocycles. The average molecular weight is 392 g/mol. The average Bonchev–Trinajstić information content (AvgIpc) is 2.90. The summed E-state index contributed by atoms with van der Waals surface area (Å²) >= 11 is 3.52. The first kappa shape index (κ1) is 17.2. The highest BCUT2D eigenvalue weighted by Crippen LogP contribution is 2.42. The summed E-state index contributed by atoms with van der Waals surface area (Å²) in [6.07, 6.45) is 3.44. The fourth-order valence-corrected chi connectivity index (χ4v) is 3.66. The maximum Gasteiger partial charge on any atom is 0.250 e. The maximum absolute atomic E-state index is 12.9. The molecular formula is C19H22BrNO3. The maximum atomic E-state index is 12.9. The molecule has 0 aromatic heterocycles. The van der Waals surface area contributed by atoms with E-state index in [9.17, 15) is 9.90 Å². The number of rotatable bonds is 4. The molecule has 0 spiro atoms. The molecule has 0 saturated carbocycles. The van der Waals surface area contributed by atoms with Crippen LogP contribution in [0.15, 0.2) is 39.9 Å². The van der Waals surface area contributed by atoms with Crippen molar-refractivity contribution in [3.8, 4) is 5.75 Å². The Morgan fingerprint density at radius 3 is 2.92 bits per heavy atom. The summed E-state index contributed by atoms with van der Waals surface area (Å²) in [7, 11) is 0. The zero-order valence-electron chi connectivity index (χ0n) is 14.0. The van der Waals surface area contributed by atoms with Crippen molar-refractivity contribution in [2.75, 3.05) is 19.8 Å². The fraction of sp³-hybridized carbons (Fsp3) is 0.421. The summed E-state index contributed by atoms with van der Waals surface area (Å²) in [6.45, 7) is 4.91. The lowest BCUT2D eigenvalue weighted by molar-refractivity contribution is -0.129. The van der Waals surface area contributed by atoms with E-state index in [4.69, 9.17) is 4.74 Å². The molecule has 0 atom stereocenters. The topological polar surface area (TPSA) is 49.8 Å². The van der Waals surface area contributed by atoms with E-state index in [2.05, 4.69) is 22.0 Å². The molecule has 1 aliphatic carbocycles. The van der Waals surface area contributed by atoms with Gasteiger partial charge in [-0.25, -0.2) is 0 Å². The summed E-state index contributed by atoms with van der Waals surface area (Å²) < 4.78 is 6.84. The van der Waals surface area contributed by atoms with Crippen molar-refractivity contribution >= 4 is 27.4 Å². The second-order valence-electron chi connectivity index (χ2n) is 6.40. The number of halogens is 1. The monoisotopic (exact) mass is 391 g/mol. The van der Waals surface area contributed by atoms with E-state index in [1.54, 1.807) is 4.90 Å². The van der Waals surface area contributed by atoms with Gasteiger partial charge in [0.05, 0.1) is 13.2 Å². The number of benzene rings is 1. The Kier molecular flexibility index (Phi) is 5.11. The van der Waals surface area contributed by atoms with E-state index in [-0.39, 0.29) is 18.6 Å². The number of allylic oxidation sites excluding steroid dienone is 2. The molecule has 0 bridgehead atoms. The zero-order valence-corrected chi connectivity index (χ0v) is 15.6. The third-order valence-electron chi connectivity index (χ3n) is 4.50. The first-order valence-corrected chi connectivity index (χ1v) is 9.07. The van der Waals surface area contributed by atoms with Gasteiger partial charge in [-0.2, -0.15) is 0 Å². The van der Waals surface area contributed by atoms with Crippen LogP contribution in [-0.4, -0.2) is 41.7 Å². The third-order valence-corrected chi connectivity index (χ3v) is 4.99. The largest absolute Gasteiger partial charge is 0.493 e. The van der Waals surface area contributed by atoms with E-state index >= 15 is 0 Å². The lowest BCUT2D eigenvalue weighted by Gasteiger charge is -2.26. The lowest BCUT2D eigenvalue weighted by Crippen LogP contribution is -2.39. The molecule has 1 N–H and O–H groups in total. The van der Waals surface area contributed by atoms with Gasteiger partial charge in [0.1, 0.15) is 5.75 Å². The summed E-state index contributed by atoms with van der Waals surface area (Å²) in [5.41, 5.74) is 4.23. The number of fused-ring (bicyclic) bond motifs is 2. The summed E-state index contributed by atoms with van der Waals surface area (Å²) in [6, 6.07) is 6.07. The Balaban J connectivity index is 1.89. The predicted molar refractivity (Wildman–Crippen MR) is 97.8 cm³/mol. The molecule has 128 valence electrons. The number of hydrogen-bond acceptors (Lipinski definition) is 3. The van der Waals surface area contributed by atoms with Crippen molar-refractivity contribution < 1.29 is 14.6 Å². The number of amides is 1. The van der Waals surface area contributed by atoms with Gasteiger partial charge >= 0.3 is 0 Å². The molecule has 0 unspecified atom stereocenters. The molecule has 1 aliphatic heterocycles. The third kappa shape index (κ3) is 3.28. The Morgan fingerprint density at radius 2 is 2.21 bits per heavy atom. The van der Waals surface area contributed by atoms with E-state index in [1.807, 2.05) is 32.1 Å². The fourth-order valence-electron chi connectivity index (χ4n) is 3.30. The second-order valence-corrected chi connectivity index (χ2v) is 7.32. The number of hydrogen-bond donors (Lipinski definition) is 1. The Hall–Kier alpha value is -1.59. The number of carbonyl (C=O) groups is 1. The number of ether oxygens (including phenoxy) is 1. The van der Waals surface area contributed by atoms with E-state index in [0.29, 0.717) is 19.6 Å². The normalized spacial score (nSPS) is 16.3. The molecule has 0 fully saturated rings. The number of aliphatic hydroxyl groups excluding tert-OH is 1. The lowest BCUT2D eigenvalue weighted by atomic mass is 9.98. The summed E-state index contributed by atoms with van der Waals surface area (Å²) in [5, 5.41) is 9.24. The Bertz CT molecular complexity index is 721. The van der Waals surface area contributed by atoms with Gasteiger partial charge in [-0.15, -0.1) is 0 Å². The molecular weight excluding hydrogens is 370 g/mol. The minimum absolute atomic E-state index is 0.0181. The highest BCUT2D eigenvalue weighted by Gasteiger charge is 2.29. The smallest absolute Gasteiger partial charge is 0.250 e. The van der Waals surface area contributed by atoms with Gasteiger partial charge in [-0.3, -0.25) is 4.79 Å². The van der Waals surface area contributed by atoms with Crippen LogP contribution in [0.2, 0.25) is 0 Å². The molecule has 1 heterocycles. The van der Waals surface area contributed by atoms with E-state index in [0.717, 1.165) is 27.8 Å². The summed E-state index contributed by atoms with van der Waals surface area (Å²) in [4.78, 5) is 14.6. The van der Waals surface area contributed by atoms with Crippen LogP contribution in [-0.2, 0) is 4.79 Å². The van der Waals surface area contributed by atoms with Gasteiger partial charge in [0.25, 0.3) is 0 Å². The van der Waals surface area contributed by atoms with Gasteiger partial charge in [0.2, 0.25) is 5.91 Å². The molecule has 1 amide bonds. The van der Waals surface area contributed by atoms with Crippen LogP contribution in [0.25, 0.3) is 5.57 Å². The standard InChI is InChI=1S/C19H22BrNO3/c1-12(2)21(6-7-22)19(23)14-9-13-5-8-24-18-4-3-15(20)11-17(18)16(13)10-14/h3-4,9,11-12,22H,5-8,10H2,1-2H3. The number of nitrogens with zero attached hydrogens (tertiary/aromatic N) is 1. The van der Waals surface area contributed by atoms with Gasteiger partial charge in [0, 0.05) is 41.0 Å². The van der Waals surface area contributed by atoms with Crippen LogP contribution in [0, 0.1) is 0 Å². The van der Waals surface area contributed by atoms with Crippen LogP contribution < -0.4 is 4.74 Å². The zero-order chi connectivity index (χ0) is 17.3. The van der Waals surface area contributed by atoms with Crippen molar-refractivity contribution in [1.29, 1.82) is 0 Å². The number of aliphatic hydroxyl groups is 1. The molecule has 1 aromatic rings. The molecule has 5 heteroatoms. The molecule has 2 aliphatic rings. The molecule has 4 nitrogen and oxygen atoms in total. The predicted octanol–water partition coefficient (Wildman–Crippen LogP) is 3.54. The minimum Gasteiger partial charge on any atom is -0.493 e. The van der Waals surface area contributed by atoms with Crippen molar-refractivity contribution in [2.45, 2.75) is 32.7 Å².